The average Bonchev–Trinajstić information content (AvgIpc) is 3.18. The lowest BCUT2D eigenvalue weighted by atomic mass is 10.1. The van der Waals surface area contributed by atoms with Gasteiger partial charge in [0.2, 0.25) is 5.91 Å². The van der Waals surface area contributed by atoms with Crippen LogP contribution in [0.1, 0.15) is 38.1 Å². The molecule has 0 radical (unpaired) electrons. The zero-order chi connectivity index (χ0) is 22.0. The van der Waals surface area contributed by atoms with E-state index in [4.69, 9.17) is 4.74 Å². The standard InChI is InChI=1S/C22H25N3O4S/c1-6-29-22(28)18-13(2)19(21(27)24(3)4)30-20(18)23-17(26)11-14-12-25(5)16-10-8-7-9-15(14)16/h7-10,12H,6,11H2,1-5H3,(H,23,26). The lowest BCUT2D eigenvalue weighted by Crippen LogP contribution is -2.21. The van der Waals surface area contributed by atoms with Gasteiger partial charge in [-0.3, -0.25) is 9.59 Å². The molecule has 0 fully saturated rings. The van der Waals surface area contributed by atoms with Crippen molar-refractivity contribution in [2.75, 3.05) is 26.0 Å². The number of aryl methyl sites for hydroxylation is 1. The van der Waals surface area contributed by atoms with E-state index < -0.39 is 5.97 Å². The van der Waals surface area contributed by atoms with Gasteiger partial charge in [-0.1, -0.05) is 18.2 Å². The van der Waals surface area contributed by atoms with Gasteiger partial charge in [0.25, 0.3) is 5.91 Å². The number of hydrogen-bond donors (Lipinski definition) is 1. The summed E-state index contributed by atoms with van der Waals surface area (Å²) in [4.78, 5) is 39.7. The predicted octanol–water partition coefficient (Wildman–Crippen LogP) is 3.61. The van der Waals surface area contributed by atoms with Crippen LogP contribution in [-0.2, 0) is 23.0 Å². The zero-order valence-corrected chi connectivity index (χ0v) is 18.6. The molecule has 7 nitrogen and oxygen atoms in total. The molecule has 2 aromatic heterocycles. The molecule has 0 saturated carbocycles. The Balaban J connectivity index is 1.92. The molecule has 0 aliphatic rings. The first kappa shape index (κ1) is 21.6. The third-order valence-electron chi connectivity index (χ3n) is 4.81. The van der Waals surface area contributed by atoms with E-state index in [2.05, 4.69) is 5.32 Å². The van der Waals surface area contributed by atoms with Gasteiger partial charge in [0.1, 0.15) is 5.00 Å². The molecule has 0 saturated heterocycles. The Bertz CT molecular complexity index is 1130. The number of aromatic nitrogens is 1. The fraction of sp³-hybridized carbons (Fsp3) is 0.318. The van der Waals surface area contributed by atoms with Crippen LogP contribution in [0.4, 0.5) is 5.00 Å². The molecule has 3 aromatic rings. The molecule has 2 heterocycles. The molecule has 0 unspecified atom stereocenters. The third kappa shape index (κ3) is 4.09. The first-order valence-electron chi connectivity index (χ1n) is 9.59. The Kier molecular flexibility index (Phi) is 6.26. The van der Waals surface area contributed by atoms with Crippen molar-refractivity contribution in [2.24, 2.45) is 7.05 Å². The fourth-order valence-corrected chi connectivity index (χ4v) is 4.60. The van der Waals surface area contributed by atoms with Crippen LogP contribution in [0, 0.1) is 6.92 Å². The molecule has 1 N–H and O–H groups in total. The summed E-state index contributed by atoms with van der Waals surface area (Å²) in [6.07, 6.45) is 2.08. The van der Waals surface area contributed by atoms with Crippen molar-refractivity contribution < 1.29 is 19.1 Å². The van der Waals surface area contributed by atoms with E-state index in [1.807, 2.05) is 42.1 Å². The van der Waals surface area contributed by atoms with Gasteiger partial charge in [0.15, 0.2) is 0 Å². The van der Waals surface area contributed by atoms with Gasteiger partial charge in [-0.2, -0.15) is 0 Å². The van der Waals surface area contributed by atoms with Crippen LogP contribution in [0.3, 0.4) is 0 Å². The predicted molar refractivity (Wildman–Crippen MR) is 118 cm³/mol. The maximum Gasteiger partial charge on any atom is 0.341 e. The average molecular weight is 428 g/mol. The first-order valence-corrected chi connectivity index (χ1v) is 10.4. The summed E-state index contributed by atoms with van der Waals surface area (Å²) < 4.78 is 7.13. The van der Waals surface area contributed by atoms with Gasteiger partial charge in [-0.15, -0.1) is 11.3 Å². The minimum absolute atomic E-state index is 0.150. The van der Waals surface area contributed by atoms with Gasteiger partial charge < -0.3 is 19.5 Å². The zero-order valence-electron chi connectivity index (χ0n) is 17.7. The van der Waals surface area contributed by atoms with Crippen LogP contribution in [0.5, 0.6) is 0 Å². The van der Waals surface area contributed by atoms with Gasteiger partial charge in [-0.25, -0.2) is 4.79 Å². The highest BCUT2D eigenvalue weighted by atomic mass is 32.1. The van der Waals surface area contributed by atoms with Crippen molar-refractivity contribution in [1.82, 2.24) is 9.47 Å². The van der Waals surface area contributed by atoms with E-state index in [9.17, 15) is 14.4 Å². The topological polar surface area (TPSA) is 80.6 Å². The molecule has 2 amide bonds. The molecule has 30 heavy (non-hydrogen) atoms. The monoisotopic (exact) mass is 427 g/mol. The highest BCUT2D eigenvalue weighted by molar-refractivity contribution is 7.18. The van der Waals surface area contributed by atoms with Crippen LogP contribution in [0.15, 0.2) is 30.5 Å². The van der Waals surface area contributed by atoms with Gasteiger partial charge in [0, 0.05) is 38.2 Å². The number of nitrogens with one attached hydrogen (secondary N) is 1. The Labute approximate surface area is 179 Å². The van der Waals surface area contributed by atoms with E-state index in [0.29, 0.717) is 15.4 Å². The van der Waals surface area contributed by atoms with Gasteiger partial charge in [-0.05, 0) is 31.0 Å². The number of rotatable bonds is 6. The number of hydrogen-bond acceptors (Lipinski definition) is 5. The number of fused-ring (bicyclic) bond motifs is 1. The van der Waals surface area contributed by atoms with Crippen LogP contribution in [0.25, 0.3) is 10.9 Å². The third-order valence-corrected chi connectivity index (χ3v) is 6.01. The van der Waals surface area contributed by atoms with Crippen LogP contribution >= 0.6 is 11.3 Å². The SMILES string of the molecule is CCOC(=O)c1c(NC(=O)Cc2cn(C)c3ccccc23)sc(C(=O)N(C)C)c1C. The second-order valence-corrected chi connectivity index (χ2v) is 8.21. The second-order valence-electron chi connectivity index (χ2n) is 7.19. The number of thiophene rings is 1. The van der Waals surface area contributed by atoms with Crippen molar-refractivity contribution in [3.05, 3.63) is 52.0 Å². The molecule has 158 valence electrons. The molecule has 0 spiro atoms. The highest BCUT2D eigenvalue weighted by Gasteiger charge is 2.27. The Morgan fingerprint density at radius 3 is 2.57 bits per heavy atom. The molecule has 0 aliphatic heterocycles. The van der Waals surface area contributed by atoms with Crippen molar-refractivity contribution in [3.8, 4) is 0 Å². The summed E-state index contributed by atoms with van der Waals surface area (Å²) in [5.74, 6) is -1.04. The number of carbonyl (C=O) groups is 3. The molecule has 0 aliphatic carbocycles. The molecule has 0 bridgehead atoms. The van der Waals surface area contributed by atoms with E-state index in [0.717, 1.165) is 27.8 Å². The van der Waals surface area contributed by atoms with Crippen molar-refractivity contribution in [2.45, 2.75) is 20.3 Å². The van der Waals surface area contributed by atoms with Crippen molar-refractivity contribution >= 4 is 45.0 Å². The molecule has 0 atom stereocenters. The maximum atomic E-state index is 12.8. The normalized spacial score (nSPS) is 10.8. The van der Waals surface area contributed by atoms with Crippen LogP contribution < -0.4 is 5.32 Å². The number of carbonyl (C=O) groups excluding carboxylic acids is 3. The molecular weight excluding hydrogens is 402 g/mol. The summed E-state index contributed by atoms with van der Waals surface area (Å²) in [6, 6.07) is 7.86. The molecular formula is C22H25N3O4S. The summed E-state index contributed by atoms with van der Waals surface area (Å²) >= 11 is 1.10. The summed E-state index contributed by atoms with van der Waals surface area (Å²) in [5, 5.41) is 4.17. The van der Waals surface area contributed by atoms with Crippen LogP contribution in [-0.4, -0.2) is 48.0 Å². The number of benzene rings is 1. The molecule has 1 aromatic carbocycles. The van der Waals surface area contributed by atoms with Gasteiger partial charge >= 0.3 is 5.97 Å². The Hall–Kier alpha value is -3.13. The van der Waals surface area contributed by atoms with Gasteiger partial charge in [0.05, 0.1) is 23.5 Å². The smallest absolute Gasteiger partial charge is 0.341 e. The maximum absolute atomic E-state index is 12.8. The number of amides is 2. The van der Waals surface area contributed by atoms with E-state index in [1.165, 1.54) is 4.90 Å². The Morgan fingerprint density at radius 1 is 1.20 bits per heavy atom. The summed E-state index contributed by atoms with van der Waals surface area (Å²) in [6.45, 7) is 3.61. The summed E-state index contributed by atoms with van der Waals surface area (Å²) in [5.41, 5.74) is 2.68. The quantitative estimate of drug-likeness (QED) is 0.610. The minimum Gasteiger partial charge on any atom is -0.462 e. The van der Waals surface area contributed by atoms with Crippen molar-refractivity contribution in [1.29, 1.82) is 0 Å². The first-order chi connectivity index (χ1) is 14.2. The highest BCUT2D eigenvalue weighted by Crippen LogP contribution is 2.34. The second kappa shape index (κ2) is 8.71. The molecule has 8 heteroatoms. The molecule has 3 rings (SSSR count). The lowest BCUT2D eigenvalue weighted by Gasteiger charge is -2.09. The van der Waals surface area contributed by atoms with Crippen LogP contribution in [0.2, 0.25) is 0 Å². The van der Waals surface area contributed by atoms with E-state index in [-0.39, 0.29) is 30.4 Å². The minimum atomic E-state index is -0.551. The fourth-order valence-electron chi connectivity index (χ4n) is 3.37. The summed E-state index contributed by atoms with van der Waals surface area (Å²) in [7, 11) is 5.22. The van der Waals surface area contributed by atoms with E-state index in [1.54, 1.807) is 27.9 Å². The van der Waals surface area contributed by atoms with Crippen molar-refractivity contribution in [3.63, 3.8) is 0 Å². The lowest BCUT2D eigenvalue weighted by molar-refractivity contribution is -0.115. The number of nitrogens with zero attached hydrogens (tertiary/aromatic N) is 2. The Morgan fingerprint density at radius 2 is 1.90 bits per heavy atom. The number of para-hydroxylation sites is 1. The number of esters is 1. The number of ether oxygens (including phenoxy) is 1. The largest absolute Gasteiger partial charge is 0.462 e. The van der Waals surface area contributed by atoms with E-state index >= 15 is 0 Å². The number of anilines is 1.